The highest BCUT2D eigenvalue weighted by molar-refractivity contribution is 5.90. The minimum atomic E-state index is -1.09. The standard InChI is InChI=1S/C26H40O4/c1-5-6-7-8-11-30-16-25-14-20-18(4)9-10-21(20)24(15-27)13-19(25)12-22(17(2)3)26(24,25)23(28)29/h12,15,17-21H,5-11,13-14,16H2,1-4H3,(H,28,29)/t18-,19+,20-,21-,24+,25+,26+/m1/s1. The van der Waals surface area contributed by atoms with E-state index in [1.807, 2.05) is 0 Å². The van der Waals surface area contributed by atoms with Gasteiger partial charge in [-0.05, 0) is 55.3 Å². The molecule has 7 atom stereocenters. The Morgan fingerprint density at radius 3 is 2.67 bits per heavy atom. The Morgan fingerprint density at radius 1 is 1.27 bits per heavy atom. The summed E-state index contributed by atoms with van der Waals surface area (Å²) < 4.78 is 6.29. The van der Waals surface area contributed by atoms with E-state index >= 15 is 0 Å². The van der Waals surface area contributed by atoms with Crippen molar-refractivity contribution in [1.82, 2.24) is 0 Å². The van der Waals surface area contributed by atoms with Gasteiger partial charge in [-0.2, -0.15) is 0 Å². The molecule has 0 spiro atoms. The van der Waals surface area contributed by atoms with Crippen LogP contribution in [0.15, 0.2) is 11.6 Å². The lowest BCUT2D eigenvalue weighted by Crippen LogP contribution is -2.63. The molecule has 4 aliphatic rings. The molecule has 0 saturated heterocycles. The Bertz CT molecular complexity index is 727. The van der Waals surface area contributed by atoms with Crippen LogP contribution in [-0.2, 0) is 14.3 Å². The fourth-order valence-electron chi connectivity index (χ4n) is 8.52. The zero-order valence-electron chi connectivity index (χ0n) is 19.3. The number of carboxylic acid groups (broad SMARTS) is 1. The molecule has 4 aliphatic carbocycles. The van der Waals surface area contributed by atoms with Gasteiger partial charge in [0, 0.05) is 12.0 Å². The predicted molar refractivity (Wildman–Crippen MR) is 117 cm³/mol. The Balaban J connectivity index is 1.75. The Hall–Kier alpha value is -1.16. The molecular weight excluding hydrogens is 376 g/mol. The smallest absolute Gasteiger partial charge is 0.315 e. The normalized spacial score (nSPS) is 43.7. The second-order valence-corrected chi connectivity index (χ2v) is 11.1. The number of ether oxygens (including phenoxy) is 1. The third kappa shape index (κ3) is 2.55. The number of hydrogen-bond donors (Lipinski definition) is 1. The lowest BCUT2D eigenvalue weighted by molar-refractivity contribution is -0.186. The number of aliphatic carboxylic acids is 1. The molecule has 0 unspecified atom stereocenters. The van der Waals surface area contributed by atoms with Gasteiger partial charge in [0.25, 0.3) is 0 Å². The van der Waals surface area contributed by atoms with E-state index in [9.17, 15) is 14.7 Å². The maximum absolute atomic E-state index is 13.3. The molecule has 0 aliphatic heterocycles. The van der Waals surface area contributed by atoms with Crippen molar-refractivity contribution in [3.63, 3.8) is 0 Å². The number of carboxylic acids is 1. The fourth-order valence-corrected chi connectivity index (χ4v) is 8.52. The van der Waals surface area contributed by atoms with Gasteiger partial charge in [-0.1, -0.05) is 65.0 Å². The molecule has 0 aromatic rings. The maximum atomic E-state index is 13.3. The largest absolute Gasteiger partial charge is 0.481 e. The third-order valence-corrected chi connectivity index (χ3v) is 9.62. The van der Waals surface area contributed by atoms with E-state index in [2.05, 4.69) is 33.8 Å². The van der Waals surface area contributed by atoms with Crippen LogP contribution in [0.4, 0.5) is 0 Å². The van der Waals surface area contributed by atoms with Crippen LogP contribution < -0.4 is 0 Å². The van der Waals surface area contributed by atoms with E-state index in [-0.39, 0.29) is 17.8 Å². The molecule has 3 fully saturated rings. The van der Waals surface area contributed by atoms with Crippen LogP contribution in [0.5, 0.6) is 0 Å². The Morgan fingerprint density at radius 2 is 2.03 bits per heavy atom. The Labute approximate surface area is 181 Å². The highest BCUT2D eigenvalue weighted by atomic mass is 16.5. The first-order valence-corrected chi connectivity index (χ1v) is 12.3. The van der Waals surface area contributed by atoms with Crippen LogP contribution in [-0.4, -0.2) is 30.6 Å². The number of aldehydes is 1. The number of allylic oxidation sites excluding steroid dienone is 1. The van der Waals surface area contributed by atoms with Crippen LogP contribution in [0.3, 0.4) is 0 Å². The van der Waals surface area contributed by atoms with Gasteiger partial charge in [-0.25, -0.2) is 0 Å². The molecule has 1 N–H and O–H groups in total. The first-order chi connectivity index (χ1) is 14.3. The van der Waals surface area contributed by atoms with E-state index in [0.29, 0.717) is 31.5 Å². The molecule has 168 valence electrons. The zero-order chi connectivity index (χ0) is 21.7. The highest BCUT2D eigenvalue weighted by Gasteiger charge is 2.84. The minimum Gasteiger partial charge on any atom is -0.481 e. The van der Waals surface area contributed by atoms with Gasteiger partial charge in [0.15, 0.2) is 0 Å². The number of carbonyl (C=O) groups excluding carboxylic acids is 1. The molecule has 30 heavy (non-hydrogen) atoms. The molecule has 0 aromatic heterocycles. The number of carbonyl (C=O) groups is 2. The average Bonchev–Trinajstić information content (AvgIpc) is 3.27. The number of unbranched alkanes of at least 4 members (excludes halogenated alkanes) is 3. The van der Waals surface area contributed by atoms with Gasteiger partial charge in [0.05, 0.1) is 12.0 Å². The maximum Gasteiger partial charge on any atom is 0.315 e. The van der Waals surface area contributed by atoms with Gasteiger partial charge < -0.3 is 14.6 Å². The third-order valence-electron chi connectivity index (χ3n) is 9.62. The highest BCUT2D eigenvalue weighted by Crippen LogP contribution is 2.82. The van der Waals surface area contributed by atoms with Crippen LogP contribution in [0.25, 0.3) is 0 Å². The molecule has 4 rings (SSSR count). The molecule has 4 heteroatoms. The quantitative estimate of drug-likeness (QED) is 0.290. The molecule has 0 heterocycles. The van der Waals surface area contributed by atoms with E-state index in [4.69, 9.17) is 4.74 Å². The van der Waals surface area contributed by atoms with Crippen molar-refractivity contribution in [2.24, 2.45) is 45.8 Å². The summed E-state index contributed by atoms with van der Waals surface area (Å²) in [6.07, 6.45) is 11.6. The SMILES string of the molecule is CCCCCCOC[C@@]12C[C@@H]3[C@H](C)CC[C@H]3[C@@]3(C=O)C[C@@H]1C=C(C(C)C)[C@@]23C(=O)O. The lowest BCUT2D eigenvalue weighted by Gasteiger charge is -2.58. The van der Waals surface area contributed by atoms with Gasteiger partial charge in [-0.3, -0.25) is 4.79 Å². The van der Waals surface area contributed by atoms with Crippen LogP contribution in [0, 0.1) is 45.8 Å². The van der Waals surface area contributed by atoms with E-state index < -0.39 is 22.2 Å². The second kappa shape index (κ2) is 7.76. The van der Waals surface area contributed by atoms with Crippen LogP contribution >= 0.6 is 0 Å². The summed E-state index contributed by atoms with van der Waals surface area (Å²) in [5.41, 5.74) is -1.32. The number of hydrogen-bond acceptors (Lipinski definition) is 3. The average molecular weight is 417 g/mol. The molecule has 0 amide bonds. The van der Waals surface area contributed by atoms with E-state index in [1.165, 1.54) is 12.8 Å². The number of fused-ring (bicyclic) bond motifs is 2. The molecule has 4 bridgehead atoms. The summed E-state index contributed by atoms with van der Waals surface area (Å²) in [4.78, 5) is 26.2. The van der Waals surface area contributed by atoms with Crippen molar-refractivity contribution in [2.75, 3.05) is 13.2 Å². The van der Waals surface area contributed by atoms with Crippen molar-refractivity contribution in [2.45, 2.75) is 79.1 Å². The van der Waals surface area contributed by atoms with Crippen LogP contribution in [0.2, 0.25) is 0 Å². The van der Waals surface area contributed by atoms with Gasteiger partial charge in [0.2, 0.25) is 0 Å². The van der Waals surface area contributed by atoms with Gasteiger partial charge in [0.1, 0.15) is 11.7 Å². The fraction of sp³-hybridized carbons (Fsp3) is 0.846. The molecular formula is C26H40O4. The molecule has 3 saturated carbocycles. The van der Waals surface area contributed by atoms with E-state index in [0.717, 1.165) is 44.0 Å². The van der Waals surface area contributed by atoms with Crippen molar-refractivity contribution < 1.29 is 19.4 Å². The first-order valence-electron chi connectivity index (χ1n) is 12.3. The summed E-state index contributed by atoms with van der Waals surface area (Å²) in [7, 11) is 0. The first kappa shape index (κ1) is 22.0. The predicted octanol–water partition coefficient (Wildman–Crippen LogP) is 5.51. The minimum absolute atomic E-state index is 0.130. The topological polar surface area (TPSA) is 63.6 Å². The second-order valence-electron chi connectivity index (χ2n) is 11.1. The van der Waals surface area contributed by atoms with Crippen molar-refractivity contribution in [3.05, 3.63) is 11.6 Å². The van der Waals surface area contributed by atoms with Crippen LogP contribution in [0.1, 0.15) is 79.1 Å². The van der Waals surface area contributed by atoms with Crippen molar-refractivity contribution in [3.8, 4) is 0 Å². The van der Waals surface area contributed by atoms with Gasteiger partial charge in [-0.15, -0.1) is 0 Å². The van der Waals surface area contributed by atoms with Gasteiger partial charge >= 0.3 is 5.97 Å². The zero-order valence-corrected chi connectivity index (χ0v) is 19.3. The summed E-state index contributed by atoms with van der Waals surface area (Å²) in [6, 6.07) is 0. The summed E-state index contributed by atoms with van der Waals surface area (Å²) in [6.45, 7) is 9.87. The molecule has 4 nitrogen and oxygen atoms in total. The number of rotatable bonds is 10. The summed E-state index contributed by atoms with van der Waals surface area (Å²) in [5, 5.41) is 10.9. The van der Waals surface area contributed by atoms with Crippen molar-refractivity contribution in [1.29, 1.82) is 0 Å². The summed E-state index contributed by atoms with van der Waals surface area (Å²) >= 11 is 0. The molecule has 0 aromatic carbocycles. The van der Waals surface area contributed by atoms with E-state index in [1.54, 1.807) is 0 Å². The lowest BCUT2D eigenvalue weighted by atomic mass is 9.43. The van der Waals surface area contributed by atoms with Crippen molar-refractivity contribution >= 4 is 12.3 Å². The Kier molecular flexibility index (Phi) is 5.70. The molecule has 0 radical (unpaired) electrons. The summed E-state index contributed by atoms with van der Waals surface area (Å²) in [5.74, 6) is 0.698. The monoisotopic (exact) mass is 416 g/mol.